The second kappa shape index (κ2) is 7.57. The molecule has 1 unspecified atom stereocenters. The largest absolute Gasteiger partial charge is 0.368 e. The molecule has 0 bridgehead atoms. The molecule has 1 fully saturated rings. The van der Waals surface area contributed by atoms with Crippen molar-refractivity contribution in [3.05, 3.63) is 47.5 Å². The molecule has 0 radical (unpaired) electrons. The van der Waals surface area contributed by atoms with Gasteiger partial charge in [-0.3, -0.25) is 0 Å². The first-order chi connectivity index (χ1) is 11.6. The van der Waals surface area contributed by atoms with Gasteiger partial charge in [-0.15, -0.1) is 0 Å². The lowest BCUT2D eigenvalue weighted by molar-refractivity contribution is 0.234. The van der Waals surface area contributed by atoms with Gasteiger partial charge in [0.1, 0.15) is 5.82 Å². The zero-order valence-corrected chi connectivity index (χ0v) is 14.5. The first-order valence-electron chi connectivity index (χ1n) is 8.13. The number of halogens is 1. The predicted molar refractivity (Wildman–Crippen MR) is 95.3 cm³/mol. The Balaban J connectivity index is 1.52. The number of urea groups is 1. The van der Waals surface area contributed by atoms with E-state index in [0.29, 0.717) is 6.54 Å². The highest BCUT2D eigenvalue weighted by molar-refractivity contribution is 6.33. The second-order valence-corrected chi connectivity index (χ2v) is 6.43. The van der Waals surface area contributed by atoms with E-state index in [9.17, 15) is 4.79 Å². The van der Waals surface area contributed by atoms with Gasteiger partial charge in [-0.05, 0) is 25.0 Å². The molecule has 24 heavy (non-hydrogen) atoms. The maximum absolute atomic E-state index is 12.1. The third-order valence-electron chi connectivity index (χ3n) is 4.28. The van der Waals surface area contributed by atoms with Crippen LogP contribution in [0.15, 0.2) is 36.7 Å². The van der Waals surface area contributed by atoms with Gasteiger partial charge in [0.25, 0.3) is 0 Å². The van der Waals surface area contributed by atoms with Gasteiger partial charge in [0, 0.05) is 38.6 Å². The van der Waals surface area contributed by atoms with E-state index in [1.807, 2.05) is 42.1 Å². The molecule has 1 saturated heterocycles. The molecular weight excluding hydrogens is 326 g/mol. The lowest BCUT2D eigenvalue weighted by atomic mass is 10.1. The zero-order chi connectivity index (χ0) is 16.9. The number of benzene rings is 1. The van der Waals surface area contributed by atoms with E-state index in [1.54, 1.807) is 6.20 Å². The zero-order valence-electron chi connectivity index (χ0n) is 13.7. The number of para-hydroxylation sites is 1. The number of hydrogen-bond acceptors (Lipinski definition) is 3. The summed E-state index contributed by atoms with van der Waals surface area (Å²) in [4.78, 5) is 18.5. The van der Waals surface area contributed by atoms with Crippen LogP contribution in [0.3, 0.4) is 0 Å². The quantitative estimate of drug-likeness (QED) is 0.893. The first-order valence-corrected chi connectivity index (χ1v) is 8.51. The predicted octanol–water partition coefficient (Wildman–Crippen LogP) is 2.54. The third-order valence-corrected chi connectivity index (χ3v) is 4.60. The van der Waals surface area contributed by atoms with E-state index >= 15 is 0 Å². The van der Waals surface area contributed by atoms with Crippen molar-refractivity contribution in [1.29, 1.82) is 0 Å². The summed E-state index contributed by atoms with van der Waals surface area (Å²) in [6, 6.07) is 7.77. The van der Waals surface area contributed by atoms with Crippen molar-refractivity contribution >= 4 is 23.3 Å². The molecular formula is C17H22ClN5O. The van der Waals surface area contributed by atoms with Crippen LogP contribution in [0.1, 0.15) is 18.7 Å². The maximum Gasteiger partial charge on any atom is 0.315 e. The van der Waals surface area contributed by atoms with Crippen LogP contribution in [-0.2, 0) is 13.6 Å². The van der Waals surface area contributed by atoms with E-state index in [1.165, 1.54) is 0 Å². The number of aryl methyl sites for hydroxylation is 1. The van der Waals surface area contributed by atoms with Crippen LogP contribution < -0.4 is 15.5 Å². The summed E-state index contributed by atoms with van der Waals surface area (Å²) in [6.07, 6.45) is 5.57. The van der Waals surface area contributed by atoms with Crippen LogP contribution in [0.25, 0.3) is 0 Å². The van der Waals surface area contributed by atoms with Crippen LogP contribution in [-0.4, -0.2) is 34.7 Å². The van der Waals surface area contributed by atoms with Gasteiger partial charge >= 0.3 is 6.03 Å². The highest BCUT2D eigenvalue weighted by Gasteiger charge is 2.22. The molecule has 1 aliphatic heterocycles. The molecule has 0 aliphatic carbocycles. The minimum absolute atomic E-state index is 0.108. The van der Waals surface area contributed by atoms with Gasteiger partial charge in [-0.1, -0.05) is 23.7 Å². The fourth-order valence-electron chi connectivity index (χ4n) is 2.98. The number of hydrogen-bond donors (Lipinski definition) is 2. The summed E-state index contributed by atoms with van der Waals surface area (Å²) >= 11 is 6.28. The highest BCUT2D eigenvalue weighted by atomic mass is 35.5. The second-order valence-electron chi connectivity index (χ2n) is 6.02. The fraction of sp³-hybridized carbons (Fsp3) is 0.412. The normalized spacial score (nSPS) is 17.6. The van der Waals surface area contributed by atoms with Crippen molar-refractivity contribution < 1.29 is 4.79 Å². The Morgan fingerprint density at radius 2 is 2.25 bits per heavy atom. The Kier molecular flexibility index (Phi) is 5.25. The molecule has 128 valence electrons. The molecule has 1 aromatic carbocycles. The molecule has 0 spiro atoms. The molecule has 1 aliphatic rings. The van der Waals surface area contributed by atoms with E-state index in [0.717, 1.165) is 42.5 Å². The molecule has 2 heterocycles. The Hall–Kier alpha value is -2.21. The number of nitrogens with zero attached hydrogens (tertiary/aromatic N) is 3. The van der Waals surface area contributed by atoms with E-state index < -0.39 is 0 Å². The average molecular weight is 348 g/mol. The number of nitrogens with one attached hydrogen (secondary N) is 2. The monoisotopic (exact) mass is 347 g/mol. The van der Waals surface area contributed by atoms with Crippen LogP contribution in [0.4, 0.5) is 10.5 Å². The smallest absolute Gasteiger partial charge is 0.315 e. The van der Waals surface area contributed by atoms with Crippen molar-refractivity contribution in [3.8, 4) is 0 Å². The Bertz CT molecular complexity index is 702. The van der Waals surface area contributed by atoms with Crippen LogP contribution in [0.5, 0.6) is 0 Å². The molecule has 1 aromatic heterocycles. The van der Waals surface area contributed by atoms with E-state index in [2.05, 4.69) is 20.5 Å². The van der Waals surface area contributed by atoms with Crippen LogP contribution in [0.2, 0.25) is 5.02 Å². The molecule has 2 amide bonds. The highest BCUT2D eigenvalue weighted by Crippen LogP contribution is 2.27. The fourth-order valence-corrected chi connectivity index (χ4v) is 3.24. The summed E-state index contributed by atoms with van der Waals surface area (Å²) in [5, 5.41) is 6.66. The van der Waals surface area contributed by atoms with Crippen molar-refractivity contribution in [2.24, 2.45) is 7.05 Å². The van der Waals surface area contributed by atoms with Gasteiger partial charge in [-0.25, -0.2) is 9.78 Å². The minimum atomic E-state index is -0.163. The van der Waals surface area contributed by atoms with Crippen molar-refractivity contribution in [2.45, 2.75) is 25.4 Å². The number of amides is 2. The minimum Gasteiger partial charge on any atom is -0.368 e. The third kappa shape index (κ3) is 4.00. The van der Waals surface area contributed by atoms with Gasteiger partial charge < -0.3 is 20.1 Å². The van der Waals surface area contributed by atoms with Gasteiger partial charge in [0.2, 0.25) is 0 Å². The summed E-state index contributed by atoms with van der Waals surface area (Å²) in [6.45, 7) is 2.13. The number of imidazole rings is 1. The molecule has 2 aromatic rings. The lowest BCUT2D eigenvalue weighted by Gasteiger charge is -2.35. The summed E-state index contributed by atoms with van der Waals surface area (Å²) in [5.41, 5.74) is 1.03. The van der Waals surface area contributed by atoms with Crippen molar-refractivity contribution in [2.75, 3.05) is 18.0 Å². The number of carbonyl (C=O) groups is 1. The summed E-state index contributed by atoms with van der Waals surface area (Å²) in [5.74, 6) is 0.825. The average Bonchev–Trinajstić information content (AvgIpc) is 2.99. The molecule has 2 N–H and O–H groups in total. The number of aromatic nitrogens is 2. The summed E-state index contributed by atoms with van der Waals surface area (Å²) in [7, 11) is 1.91. The Labute approximate surface area is 146 Å². The van der Waals surface area contributed by atoms with Crippen LogP contribution >= 0.6 is 11.6 Å². The molecule has 1 atom stereocenters. The van der Waals surface area contributed by atoms with Crippen molar-refractivity contribution in [1.82, 2.24) is 20.2 Å². The van der Waals surface area contributed by atoms with Gasteiger partial charge in [0.15, 0.2) is 0 Å². The van der Waals surface area contributed by atoms with E-state index in [4.69, 9.17) is 11.6 Å². The number of anilines is 1. The van der Waals surface area contributed by atoms with E-state index in [-0.39, 0.29) is 12.1 Å². The number of piperidine rings is 1. The number of carbonyl (C=O) groups excluding carboxylic acids is 1. The standard InChI is InChI=1S/C17H22ClN5O/c1-22-10-8-19-16(22)11-20-17(24)21-13-5-4-9-23(12-13)15-7-3-2-6-14(15)18/h2-3,6-8,10,13H,4-5,9,11-12H2,1H3,(H2,20,21,24). The SMILES string of the molecule is Cn1ccnc1CNC(=O)NC1CCCN(c2ccccc2Cl)C1. The lowest BCUT2D eigenvalue weighted by Crippen LogP contribution is -2.50. The summed E-state index contributed by atoms with van der Waals surface area (Å²) < 4.78 is 1.89. The van der Waals surface area contributed by atoms with Crippen LogP contribution in [0, 0.1) is 0 Å². The van der Waals surface area contributed by atoms with Crippen molar-refractivity contribution in [3.63, 3.8) is 0 Å². The Morgan fingerprint density at radius 3 is 3.00 bits per heavy atom. The van der Waals surface area contributed by atoms with Gasteiger partial charge in [-0.2, -0.15) is 0 Å². The topological polar surface area (TPSA) is 62.2 Å². The Morgan fingerprint density at radius 1 is 1.42 bits per heavy atom. The molecule has 6 nitrogen and oxygen atoms in total. The maximum atomic E-state index is 12.1. The molecule has 3 rings (SSSR count). The molecule has 7 heteroatoms. The van der Waals surface area contributed by atoms with Gasteiger partial charge in [0.05, 0.1) is 17.3 Å². The first kappa shape index (κ1) is 16.6. The number of rotatable bonds is 4. The molecule has 0 saturated carbocycles.